The van der Waals surface area contributed by atoms with Gasteiger partial charge in [-0.2, -0.15) is 26.3 Å². The van der Waals surface area contributed by atoms with Crippen molar-refractivity contribution in [1.29, 1.82) is 0 Å². The molecule has 7 nitrogen and oxygen atoms in total. The maximum absolute atomic E-state index is 13.2. The largest absolute Gasteiger partial charge is 0.421 e. The summed E-state index contributed by atoms with van der Waals surface area (Å²) in [5, 5.41) is 6.40. The fraction of sp³-hybridized carbons (Fsp3) is 0.385. The van der Waals surface area contributed by atoms with Crippen LogP contribution in [0.2, 0.25) is 10.0 Å². The number of aromatic nitrogens is 2. The summed E-state index contributed by atoms with van der Waals surface area (Å²) in [6.07, 6.45) is -7.99. The summed E-state index contributed by atoms with van der Waals surface area (Å²) < 4.78 is 79.6. The topological polar surface area (TPSA) is 76.8 Å². The van der Waals surface area contributed by atoms with Crippen LogP contribution in [0.5, 0.6) is 0 Å². The van der Waals surface area contributed by atoms with E-state index in [0.29, 0.717) is 48.0 Å². The lowest BCUT2D eigenvalue weighted by molar-refractivity contribution is -0.140. The number of carbonyl (C=O) groups excluding carboxylic acids is 1. The van der Waals surface area contributed by atoms with Gasteiger partial charge in [0, 0.05) is 47.6 Å². The third-order valence-corrected chi connectivity index (χ3v) is 8.58. The second kappa shape index (κ2) is 11.5. The number of pyridine rings is 1. The molecule has 4 heterocycles. The Morgan fingerprint density at radius 1 is 1.07 bits per heavy atom. The van der Waals surface area contributed by atoms with Gasteiger partial charge in [-0.1, -0.05) is 28.4 Å². The molecule has 1 unspecified atom stereocenters. The Bertz CT molecular complexity index is 1600. The number of oxime groups is 1. The Morgan fingerprint density at radius 2 is 1.79 bits per heavy atom. The Balaban J connectivity index is 1.19. The monoisotopic (exact) mass is 652 g/mol. The Hall–Kier alpha value is -3.10. The minimum atomic E-state index is -4.90. The van der Waals surface area contributed by atoms with E-state index < -0.39 is 47.6 Å². The fourth-order valence-corrected chi connectivity index (χ4v) is 6.28. The van der Waals surface area contributed by atoms with Gasteiger partial charge < -0.3 is 14.3 Å². The first kappa shape index (κ1) is 30.4. The normalized spacial score (nSPS) is 18.2. The zero-order chi connectivity index (χ0) is 30.4. The number of amides is 1. The molecule has 0 spiro atoms. The van der Waals surface area contributed by atoms with Crippen LogP contribution in [0.4, 0.5) is 26.3 Å². The van der Waals surface area contributed by atoms with Gasteiger partial charge in [0.05, 0.1) is 21.3 Å². The van der Waals surface area contributed by atoms with Gasteiger partial charge in [0.1, 0.15) is 17.8 Å². The van der Waals surface area contributed by atoms with Crippen molar-refractivity contribution in [2.24, 2.45) is 5.16 Å². The predicted octanol–water partition coefficient (Wildman–Crippen LogP) is 6.92. The van der Waals surface area contributed by atoms with E-state index in [0.717, 1.165) is 23.3 Å². The van der Waals surface area contributed by atoms with Crippen molar-refractivity contribution >= 4 is 46.2 Å². The van der Waals surface area contributed by atoms with E-state index in [1.165, 1.54) is 22.3 Å². The van der Waals surface area contributed by atoms with Gasteiger partial charge in [-0.25, -0.2) is 4.98 Å². The van der Waals surface area contributed by atoms with Crippen molar-refractivity contribution in [3.05, 3.63) is 83.6 Å². The summed E-state index contributed by atoms with van der Waals surface area (Å²) in [6, 6.07) is 3.55. The van der Waals surface area contributed by atoms with E-state index in [1.54, 1.807) is 5.38 Å². The average Bonchev–Trinajstić information content (AvgIpc) is 3.60. The van der Waals surface area contributed by atoms with E-state index in [2.05, 4.69) is 10.1 Å². The second-order valence-electron chi connectivity index (χ2n) is 9.80. The van der Waals surface area contributed by atoms with Crippen molar-refractivity contribution in [1.82, 2.24) is 14.5 Å². The highest BCUT2D eigenvalue weighted by Crippen LogP contribution is 2.39. The summed E-state index contributed by atoms with van der Waals surface area (Å²) in [6.45, 7) is 0.0332. The van der Waals surface area contributed by atoms with Gasteiger partial charge in [-0.05, 0) is 37.1 Å². The van der Waals surface area contributed by atoms with Crippen LogP contribution < -0.4 is 5.56 Å². The lowest BCUT2D eigenvalue weighted by Crippen LogP contribution is -2.41. The minimum absolute atomic E-state index is 0.00449. The number of nitrogens with zero attached hydrogens (tertiary/aromatic N) is 4. The zero-order valence-corrected chi connectivity index (χ0v) is 23.6. The number of rotatable bonds is 5. The molecule has 1 saturated heterocycles. The minimum Gasteiger partial charge on any atom is -0.387 e. The molecule has 0 radical (unpaired) electrons. The molecule has 1 aromatic carbocycles. The van der Waals surface area contributed by atoms with Crippen molar-refractivity contribution in [2.75, 3.05) is 13.1 Å². The van der Waals surface area contributed by atoms with Gasteiger partial charge in [-0.3, -0.25) is 9.59 Å². The number of hydrogen-bond donors (Lipinski definition) is 0. The quantitative estimate of drug-likeness (QED) is 0.280. The number of likely N-dealkylation sites (tertiary alicyclic amines) is 1. The van der Waals surface area contributed by atoms with Gasteiger partial charge in [0.2, 0.25) is 5.91 Å². The average molecular weight is 653 g/mol. The Kier molecular flexibility index (Phi) is 8.33. The molecular formula is C26H20Cl2F6N4O3S. The predicted molar refractivity (Wildman–Crippen MR) is 143 cm³/mol. The van der Waals surface area contributed by atoms with E-state index in [-0.39, 0.29) is 27.9 Å². The van der Waals surface area contributed by atoms with Crippen LogP contribution in [0.15, 0.2) is 45.8 Å². The molecule has 42 heavy (non-hydrogen) atoms. The third kappa shape index (κ3) is 6.45. The van der Waals surface area contributed by atoms with Crippen molar-refractivity contribution in [3.63, 3.8) is 0 Å². The number of thiazole rings is 1. The molecule has 16 heteroatoms. The van der Waals surface area contributed by atoms with Crippen LogP contribution in [0.25, 0.3) is 0 Å². The van der Waals surface area contributed by atoms with Crippen molar-refractivity contribution in [3.8, 4) is 0 Å². The first-order chi connectivity index (χ1) is 19.7. The van der Waals surface area contributed by atoms with Crippen LogP contribution in [-0.4, -0.2) is 39.2 Å². The summed E-state index contributed by atoms with van der Waals surface area (Å²) in [5.74, 6) is -0.516. The highest BCUT2D eigenvalue weighted by atomic mass is 35.5. The molecule has 0 N–H and O–H groups in total. The number of alkyl halides is 6. The van der Waals surface area contributed by atoms with Crippen LogP contribution in [0, 0.1) is 0 Å². The van der Waals surface area contributed by atoms with E-state index in [4.69, 9.17) is 28.0 Å². The number of piperidine rings is 1. The van der Waals surface area contributed by atoms with E-state index >= 15 is 0 Å². The lowest BCUT2D eigenvalue weighted by Gasteiger charge is -2.31. The van der Waals surface area contributed by atoms with Crippen LogP contribution in [0.1, 0.15) is 58.7 Å². The maximum Gasteiger partial charge on any atom is 0.421 e. The van der Waals surface area contributed by atoms with Crippen LogP contribution in [-0.2, 0) is 28.5 Å². The first-order valence-electron chi connectivity index (χ1n) is 12.5. The lowest BCUT2D eigenvalue weighted by atomic mass is 9.97. The summed E-state index contributed by atoms with van der Waals surface area (Å²) in [4.78, 5) is 36.5. The molecule has 1 atom stereocenters. The number of hydrogen-bond acceptors (Lipinski definition) is 6. The second-order valence-corrected chi connectivity index (χ2v) is 11.5. The number of benzene rings is 1. The van der Waals surface area contributed by atoms with Gasteiger partial charge in [0.25, 0.3) is 5.56 Å². The summed E-state index contributed by atoms with van der Waals surface area (Å²) in [5.41, 5.74) is -2.46. The molecule has 0 saturated carbocycles. The molecule has 2 aromatic heterocycles. The smallest absolute Gasteiger partial charge is 0.387 e. The SMILES string of the molecule is O=C(Cn1cc(Cl)cc(C(F)(F)F)c1=O)N1CCC(c2nc(C3=NOC(c4cc(C(F)(F)F)ccc4Cl)C3)cs2)CC1. The third-order valence-electron chi connectivity index (χ3n) is 7.02. The Morgan fingerprint density at radius 3 is 2.45 bits per heavy atom. The summed E-state index contributed by atoms with van der Waals surface area (Å²) in [7, 11) is 0. The molecule has 2 aliphatic rings. The Labute approximate surface area is 248 Å². The molecule has 3 aromatic rings. The molecule has 0 bridgehead atoms. The molecule has 1 amide bonds. The van der Waals surface area contributed by atoms with Crippen molar-refractivity contribution in [2.45, 2.75) is 50.2 Å². The number of carbonyl (C=O) groups is 1. The highest BCUT2D eigenvalue weighted by Gasteiger charge is 2.36. The fourth-order valence-electron chi connectivity index (χ4n) is 4.81. The van der Waals surface area contributed by atoms with Gasteiger partial charge >= 0.3 is 12.4 Å². The van der Waals surface area contributed by atoms with Crippen molar-refractivity contribution < 1.29 is 36.0 Å². The molecule has 5 rings (SSSR count). The molecule has 2 aliphatic heterocycles. The zero-order valence-electron chi connectivity index (χ0n) is 21.3. The van der Waals surface area contributed by atoms with Crippen LogP contribution >= 0.6 is 34.5 Å². The maximum atomic E-state index is 13.2. The van der Waals surface area contributed by atoms with Crippen LogP contribution in [0.3, 0.4) is 0 Å². The first-order valence-corrected chi connectivity index (χ1v) is 14.1. The number of halogens is 8. The van der Waals surface area contributed by atoms with Gasteiger partial charge in [0.15, 0.2) is 6.10 Å². The van der Waals surface area contributed by atoms with E-state index in [1.807, 2.05) is 0 Å². The standard InChI is InChI=1S/C26H20Cl2F6N4O3S/c27-15-8-17(26(32,33)34)24(40)38(10-15)11-22(39)37-5-3-13(4-6-37)23-35-20(12-42-23)19-9-21(41-36-19)16-7-14(25(29,30)31)1-2-18(16)28/h1-2,7-8,10,12-13,21H,3-6,9,11H2. The molecule has 0 aliphatic carbocycles. The molecule has 224 valence electrons. The van der Waals surface area contributed by atoms with Gasteiger partial charge in [-0.15, -0.1) is 11.3 Å². The molecule has 1 fully saturated rings. The van der Waals surface area contributed by atoms with E-state index in [9.17, 15) is 35.9 Å². The molecular weight excluding hydrogens is 633 g/mol. The summed E-state index contributed by atoms with van der Waals surface area (Å²) >= 11 is 13.3. The highest BCUT2D eigenvalue weighted by molar-refractivity contribution is 7.10.